The monoisotopic (exact) mass is 406 g/mol. The van der Waals surface area contributed by atoms with Crippen molar-refractivity contribution in [2.75, 3.05) is 12.8 Å². The molecule has 0 fully saturated rings. The zero-order valence-corrected chi connectivity index (χ0v) is 16.1. The van der Waals surface area contributed by atoms with Gasteiger partial charge >= 0.3 is 0 Å². The van der Waals surface area contributed by atoms with E-state index in [1.54, 1.807) is 42.5 Å². The predicted molar refractivity (Wildman–Crippen MR) is 109 cm³/mol. The summed E-state index contributed by atoms with van der Waals surface area (Å²) in [7, 11) is 1.52. The highest BCUT2D eigenvalue weighted by Gasteiger charge is 2.19. The van der Waals surface area contributed by atoms with Crippen LogP contribution in [0.25, 0.3) is 11.1 Å². The minimum absolute atomic E-state index is 0.0240. The number of nitrogens with two attached hydrogens (primary N) is 1. The first-order chi connectivity index (χ1) is 14.0. The minimum atomic E-state index is -0.659. The number of nitrogen functional groups attached to an aromatic ring is 1. The van der Waals surface area contributed by atoms with Gasteiger partial charge in [0.25, 0.3) is 5.56 Å². The molecule has 0 spiro atoms. The highest BCUT2D eigenvalue weighted by atomic mass is 35.5. The van der Waals surface area contributed by atoms with E-state index in [1.807, 2.05) is 12.1 Å². The molecule has 0 aliphatic rings. The second kappa shape index (κ2) is 8.39. The van der Waals surface area contributed by atoms with Gasteiger partial charge < -0.3 is 20.2 Å². The third kappa shape index (κ3) is 4.01. The van der Waals surface area contributed by atoms with Crippen molar-refractivity contribution in [1.82, 2.24) is 4.98 Å². The molecule has 2 aromatic carbocycles. The normalized spacial score (nSPS) is 10.1. The second-order valence-corrected chi connectivity index (χ2v) is 6.42. The Bertz CT molecular complexity index is 1200. The molecule has 0 aliphatic heterocycles. The molecule has 1 heterocycles. The van der Waals surface area contributed by atoms with Crippen LogP contribution in [0.5, 0.6) is 11.5 Å². The molecule has 0 radical (unpaired) electrons. The van der Waals surface area contributed by atoms with Gasteiger partial charge in [-0.05, 0) is 42.0 Å². The van der Waals surface area contributed by atoms with E-state index in [1.165, 1.54) is 7.11 Å². The fraction of sp³-hybridized carbons (Fsp3) is 0.0952. The Labute approximate surface area is 171 Å². The number of nitrogens with zero attached hydrogens (tertiary/aromatic N) is 2. The van der Waals surface area contributed by atoms with E-state index >= 15 is 0 Å². The average molecular weight is 407 g/mol. The summed E-state index contributed by atoms with van der Waals surface area (Å²) in [4.78, 5) is 14.5. The number of anilines is 1. The molecule has 0 atom stereocenters. The number of nitrogens with one attached hydrogen (secondary N) is 1. The second-order valence-electron chi connectivity index (χ2n) is 5.99. The highest BCUT2D eigenvalue weighted by Crippen LogP contribution is 2.32. The van der Waals surface area contributed by atoms with Gasteiger partial charge in [-0.1, -0.05) is 17.7 Å². The van der Waals surface area contributed by atoms with Crippen LogP contribution in [0.2, 0.25) is 5.02 Å². The van der Waals surface area contributed by atoms with E-state index in [2.05, 4.69) is 4.98 Å². The Morgan fingerprint density at radius 3 is 2.41 bits per heavy atom. The molecule has 0 saturated carbocycles. The number of rotatable bonds is 5. The molecule has 0 aliphatic carbocycles. The number of benzene rings is 2. The van der Waals surface area contributed by atoms with Crippen LogP contribution in [0, 0.1) is 22.7 Å². The van der Waals surface area contributed by atoms with E-state index in [0.717, 1.165) is 0 Å². The van der Waals surface area contributed by atoms with Crippen LogP contribution in [0.4, 0.5) is 5.82 Å². The first-order valence-corrected chi connectivity index (χ1v) is 8.78. The van der Waals surface area contributed by atoms with E-state index in [-0.39, 0.29) is 29.1 Å². The Kier molecular flexibility index (Phi) is 5.73. The number of aromatic amines is 1. The summed E-state index contributed by atoms with van der Waals surface area (Å²) in [5.74, 6) is 1.07. The van der Waals surface area contributed by atoms with Gasteiger partial charge in [-0.2, -0.15) is 10.5 Å². The molecule has 3 N–H and O–H groups in total. The number of methoxy groups -OCH3 is 1. The third-order valence-electron chi connectivity index (χ3n) is 4.25. The van der Waals surface area contributed by atoms with E-state index in [4.69, 9.17) is 26.8 Å². The van der Waals surface area contributed by atoms with Crippen molar-refractivity contribution in [3.05, 3.63) is 74.5 Å². The lowest BCUT2D eigenvalue weighted by atomic mass is 9.95. The predicted octanol–water partition coefficient (Wildman–Crippen LogP) is 3.61. The molecule has 29 heavy (non-hydrogen) atoms. The molecular formula is C21H15ClN4O3. The van der Waals surface area contributed by atoms with Crippen LogP contribution in [-0.4, -0.2) is 12.1 Å². The quantitative estimate of drug-likeness (QED) is 0.666. The maximum atomic E-state index is 12.2. The Morgan fingerprint density at radius 2 is 1.79 bits per heavy atom. The fourth-order valence-electron chi connectivity index (χ4n) is 2.87. The number of halogens is 1. The number of ether oxygens (including phenoxy) is 2. The van der Waals surface area contributed by atoms with Crippen LogP contribution in [0.15, 0.2) is 47.3 Å². The molecule has 3 aromatic rings. The van der Waals surface area contributed by atoms with Gasteiger partial charge in [0.2, 0.25) is 0 Å². The van der Waals surface area contributed by atoms with Crippen LogP contribution in [-0.2, 0) is 6.61 Å². The number of H-pyrrole nitrogens is 1. The van der Waals surface area contributed by atoms with Gasteiger partial charge in [-0.25, -0.2) is 0 Å². The number of nitriles is 2. The Balaban J connectivity index is 2.08. The standard InChI is InChI=1S/C21H15ClN4O3/c1-28-18-7-2-12(8-13(18)11-29-15-5-3-14(22)4-6-15)19-16(9-23)20(25)26-21(27)17(19)10-24/h2-8H,11H2,1H3,(H3,25,26,27). The van der Waals surface area contributed by atoms with Crippen LogP contribution in [0.1, 0.15) is 16.7 Å². The van der Waals surface area contributed by atoms with Gasteiger partial charge in [0.05, 0.1) is 7.11 Å². The van der Waals surface area contributed by atoms with Gasteiger partial charge in [0.15, 0.2) is 0 Å². The number of pyridine rings is 1. The summed E-state index contributed by atoms with van der Waals surface area (Å²) in [5, 5.41) is 19.5. The summed E-state index contributed by atoms with van der Waals surface area (Å²) in [6, 6.07) is 15.7. The smallest absolute Gasteiger partial charge is 0.268 e. The molecule has 1 aromatic heterocycles. The molecule has 0 saturated heterocycles. The van der Waals surface area contributed by atoms with E-state index in [9.17, 15) is 15.3 Å². The van der Waals surface area contributed by atoms with Crippen LogP contribution in [0.3, 0.4) is 0 Å². The molecule has 7 nitrogen and oxygen atoms in total. The lowest BCUT2D eigenvalue weighted by Crippen LogP contribution is -2.16. The fourth-order valence-corrected chi connectivity index (χ4v) is 3.00. The van der Waals surface area contributed by atoms with E-state index in [0.29, 0.717) is 27.6 Å². The molecule has 3 rings (SSSR count). The molecule has 0 amide bonds. The Morgan fingerprint density at radius 1 is 1.10 bits per heavy atom. The van der Waals surface area contributed by atoms with Gasteiger partial charge in [0.1, 0.15) is 47.2 Å². The summed E-state index contributed by atoms with van der Waals surface area (Å²) in [6.07, 6.45) is 0. The van der Waals surface area contributed by atoms with Crippen molar-refractivity contribution in [2.24, 2.45) is 0 Å². The van der Waals surface area contributed by atoms with Crippen LogP contribution < -0.4 is 20.8 Å². The molecule has 0 unspecified atom stereocenters. The summed E-state index contributed by atoms with van der Waals surface area (Å²) < 4.78 is 11.2. The van der Waals surface area contributed by atoms with Crippen molar-refractivity contribution in [3.8, 4) is 34.8 Å². The largest absolute Gasteiger partial charge is 0.496 e. The maximum Gasteiger partial charge on any atom is 0.268 e. The van der Waals surface area contributed by atoms with Gasteiger partial charge in [-0.3, -0.25) is 4.79 Å². The van der Waals surface area contributed by atoms with Crippen molar-refractivity contribution < 1.29 is 9.47 Å². The summed E-state index contributed by atoms with van der Waals surface area (Å²) >= 11 is 5.88. The van der Waals surface area contributed by atoms with Crippen LogP contribution >= 0.6 is 11.6 Å². The topological polar surface area (TPSA) is 125 Å². The van der Waals surface area contributed by atoms with Crippen molar-refractivity contribution in [3.63, 3.8) is 0 Å². The first kappa shape index (κ1) is 19.8. The minimum Gasteiger partial charge on any atom is -0.496 e. The number of aromatic nitrogens is 1. The average Bonchev–Trinajstić information content (AvgIpc) is 2.72. The van der Waals surface area contributed by atoms with Gasteiger partial charge in [0, 0.05) is 16.1 Å². The highest BCUT2D eigenvalue weighted by molar-refractivity contribution is 6.30. The maximum absolute atomic E-state index is 12.2. The Hall–Kier alpha value is -3.94. The first-order valence-electron chi connectivity index (χ1n) is 8.40. The van der Waals surface area contributed by atoms with Crippen molar-refractivity contribution >= 4 is 17.4 Å². The third-order valence-corrected chi connectivity index (χ3v) is 4.50. The lowest BCUT2D eigenvalue weighted by molar-refractivity contribution is 0.297. The molecule has 8 heteroatoms. The van der Waals surface area contributed by atoms with Crippen molar-refractivity contribution in [1.29, 1.82) is 10.5 Å². The zero-order valence-electron chi connectivity index (χ0n) is 15.3. The summed E-state index contributed by atoms with van der Waals surface area (Å²) in [5.41, 5.74) is 6.27. The van der Waals surface area contributed by atoms with Crippen molar-refractivity contribution in [2.45, 2.75) is 6.61 Å². The molecular weight excluding hydrogens is 392 g/mol. The van der Waals surface area contributed by atoms with Gasteiger partial charge in [-0.15, -0.1) is 0 Å². The molecule has 0 bridgehead atoms. The molecule has 144 valence electrons. The zero-order chi connectivity index (χ0) is 21.0. The lowest BCUT2D eigenvalue weighted by Gasteiger charge is -2.14. The number of hydrogen-bond acceptors (Lipinski definition) is 6. The van der Waals surface area contributed by atoms with E-state index < -0.39 is 5.56 Å². The summed E-state index contributed by atoms with van der Waals surface area (Å²) in [6.45, 7) is 0.154. The SMILES string of the molecule is COc1ccc(-c2c(C#N)c(N)[nH]c(=O)c2C#N)cc1COc1ccc(Cl)cc1. The number of hydrogen-bond donors (Lipinski definition) is 2.